The molecule has 0 spiro atoms. The minimum absolute atomic E-state index is 0.124. The van der Waals surface area contributed by atoms with Crippen molar-refractivity contribution in [3.63, 3.8) is 0 Å². The maximum Gasteiger partial charge on any atom is 0.233 e. The molecule has 0 unspecified atom stereocenters. The van der Waals surface area contributed by atoms with Gasteiger partial charge in [-0.25, -0.2) is 0 Å². The Morgan fingerprint density at radius 3 is 2.70 bits per heavy atom. The molecule has 3 rings (SSSR count). The highest BCUT2D eigenvalue weighted by molar-refractivity contribution is 8.00. The molecule has 1 aromatic carbocycles. The van der Waals surface area contributed by atoms with Crippen LogP contribution in [0.5, 0.6) is 0 Å². The zero-order valence-corrected chi connectivity index (χ0v) is 17.9. The Bertz CT molecular complexity index is 989. The molecule has 0 radical (unpaired) electrons. The van der Waals surface area contributed by atoms with Crippen molar-refractivity contribution in [2.24, 2.45) is 5.73 Å². The van der Waals surface area contributed by atoms with E-state index in [4.69, 9.17) is 21.8 Å². The maximum absolute atomic E-state index is 12.5. The molecule has 1 atom stereocenters. The van der Waals surface area contributed by atoms with Crippen LogP contribution in [0.3, 0.4) is 0 Å². The number of primary amides is 1. The molecule has 158 valence electrons. The second kappa shape index (κ2) is 10.3. The summed E-state index contributed by atoms with van der Waals surface area (Å²) in [7, 11) is 0. The van der Waals surface area contributed by atoms with E-state index in [0.29, 0.717) is 35.5 Å². The summed E-state index contributed by atoms with van der Waals surface area (Å²) in [4.78, 5) is 23.7. The molecule has 8 nitrogen and oxygen atoms in total. The lowest BCUT2D eigenvalue weighted by atomic mass is 10.2. The molecule has 30 heavy (non-hydrogen) atoms. The van der Waals surface area contributed by atoms with Crippen LogP contribution >= 0.6 is 23.4 Å². The van der Waals surface area contributed by atoms with Crippen LogP contribution in [0.4, 0.5) is 0 Å². The van der Waals surface area contributed by atoms with E-state index in [9.17, 15) is 9.59 Å². The molecule has 0 aliphatic rings. The Hall–Kier alpha value is -2.78. The normalized spacial score (nSPS) is 11.9. The van der Waals surface area contributed by atoms with Crippen molar-refractivity contribution in [1.82, 2.24) is 20.1 Å². The van der Waals surface area contributed by atoms with E-state index in [1.165, 1.54) is 11.8 Å². The molecule has 0 aliphatic heterocycles. The number of aromatic nitrogens is 3. The smallest absolute Gasteiger partial charge is 0.233 e. The number of furan rings is 1. The fraction of sp³-hybridized carbons (Fsp3) is 0.300. The van der Waals surface area contributed by atoms with Crippen LogP contribution < -0.4 is 11.1 Å². The monoisotopic (exact) mass is 447 g/mol. The quantitative estimate of drug-likeness (QED) is 0.461. The van der Waals surface area contributed by atoms with Crippen LogP contribution in [0.25, 0.3) is 0 Å². The third-order valence-electron chi connectivity index (χ3n) is 4.31. The zero-order valence-electron chi connectivity index (χ0n) is 16.4. The number of carbonyl (C=O) groups is 2. The topological polar surface area (TPSA) is 116 Å². The number of hydrogen-bond donors (Lipinski definition) is 2. The standard InChI is InChI=1S/C20H22ClN5O3S/c1-13(19(28)23-11-14-4-6-15(21)7-5-14)30-20-25-24-18(9-8-17(22)27)26(20)12-16-3-2-10-29-16/h2-7,10,13H,8-9,11-12H2,1H3,(H2,22,27)(H,23,28)/t13-/m0/s1. The van der Waals surface area contributed by atoms with Gasteiger partial charge in [-0.3, -0.25) is 14.2 Å². The fourth-order valence-corrected chi connectivity index (χ4v) is 3.71. The molecule has 2 heterocycles. The minimum atomic E-state index is -0.410. The summed E-state index contributed by atoms with van der Waals surface area (Å²) in [5.41, 5.74) is 6.22. The van der Waals surface area contributed by atoms with E-state index < -0.39 is 11.2 Å². The van der Waals surface area contributed by atoms with Crippen LogP contribution in [-0.2, 0) is 29.1 Å². The summed E-state index contributed by atoms with van der Waals surface area (Å²) in [6, 6.07) is 10.9. The fourth-order valence-electron chi connectivity index (χ4n) is 2.69. The van der Waals surface area contributed by atoms with E-state index in [-0.39, 0.29) is 12.3 Å². The van der Waals surface area contributed by atoms with Gasteiger partial charge in [-0.15, -0.1) is 10.2 Å². The molecule has 0 bridgehead atoms. The number of aryl methyl sites for hydroxylation is 1. The third-order valence-corrected chi connectivity index (χ3v) is 5.65. The SMILES string of the molecule is C[C@H](Sc1nnc(CCC(N)=O)n1Cc1ccco1)C(=O)NCc1ccc(Cl)cc1. The number of benzene rings is 1. The molecule has 3 aromatic rings. The van der Waals surface area contributed by atoms with Crippen LogP contribution in [-0.4, -0.2) is 31.8 Å². The van der Waals surface area contributed by atoms with Gasteiger partial charge in [0.2, 0.25) is 11.8 Å². The number of hydrogen-bond acceptors (Lipinski definition) is 6. The summed E-state index contributed by atoms with van der Waals surface area (Å²) >= 11 is 7.18. The summed E-state index contributed by atoms with van der Waals surface area (Å²) in [6.07, 6.45) is 2.11. The Balaban J connectivity index is 1.66. The van der Waals surface area contributed by atoms with Gasteiger partial charge in [-0.1, -0.05) is 35.5 Å². The van der Waals surface area contributed by atoms with Gasteiger partial charge < -0.3 is 15.5 Å². The first-order valence-corrected chi connectivity index (χ1v) is 10.6. The molecule has 2 amide bonds. The van der Waals surface area contributed by atoms with Crippen molar-refractivity contribution in [3.8, 4) is 0 Å². The highest BCUT2D eigenvalue weighted by Crippen LogP contribution is 2.24. The predicted octanol–water partition coefficient (Wildman–Crippen LogP) is 2.79. The summed E-state index contributed by atoms with van der Waals surface area (Å²) < 4.78 is 7.27. The Morgan fingerprint density at radius 2 is 2.03 bits per heavy atom. The number of carbonyl (C=O) groups excluding carboxylic acids is 2. The molecule has 3 N–H and O–H groups in total. The number of nitrogens with two attached hydrogens (primary N) is 1. The van der Waals surface area contributed by atoms with Gasteiger partial charge in [-0.05, 0) is 36.8 Å². The highest BCUT2D eigenvalue weighted by Gasteiger charge is 2.21. The Kier molecular flexibility index (Phi) is 7.53. The third kappa shape index (κ3) is 6.11. The first kappa shape index (κ1) is 21.9. The first-order valence-electron chi connectivity index (χ1n) is 9.34. The van der Waals surface area contributed by atoms with Crippen LogP contribution in [0, 0.1) is 0 Å². The minimum Gasteiger partial charge on any atom is -0.467 e. The van der Waals surface area contributed by atoms with Crippen molar-refractivity contribution >= 4 is 35.2 Å². The van der Waals surface area contributed by atoms with Gasteiger partial charge in [0.05, 0.1) is 18.1 Å². The van der Waals surface area contributed by atoms with Crippen molar-refractivity contribution in [2.75, 3.05) is 0 Å². The van der Waals surface area contributed by atoms with Crippen molar-refractivity contribution in [3.05, 3.63) is 64.8 Å². The lowest BCUT2D eigenvalue weighted by Crippen LogP contribution is -2.30. The van der Waals surface area contributed by atoms with E-state index in [0.717, 1.165) is 11.3 Å². The van der Waals surface area contributed by atoms with Crippen molar-refractivity contribution < 1.29 is 14.0 Å². The van der Waals surface area contributed by atoms with E-state index >= 15 is 0 Å². The molecule has 0 fully saturated rings. The average Bonchev–Trinajstić information content (AvgIpc) is 3.36. The Labute approximate surface area is 183 Å². The summed E-state index contributed by atoms with van der Waals surface area (Å²) in [5, 5.41) is 12.1. The number of nitrogens with zero attached hydrogens (tertiary/aromatic N) is 3. The molecule has 2 aromatic heterocycles. The molecular formula is C20H22ClN5O3S. The van der Waals surface area contributed by atoms with Crippen LogP contribution in [0.1, 0.15) is 30.5 Å². The molecular weight excluding hydrogens is 426 g/mol. The van der Waals surface area contributed by atoms with Gasteiger partial charge >= 0.3 is 0 Å². The molecule has 0 saturated heterocycles. The lowest BCUT2D eigenvalue weighted by Gasteiger charge is -2.13. The lowest BCUT2D eigenvalue weighted by molar-refractivity contribution is -0.120. The van der Waals surface area contributed by atoms with Crippen molar-refractivity contribution in [1.29, 1.82) is 0 Å². The zero-order chi connectivity index (χ0) is 21.5. The van der Waals surface area contributed by atoms with Gasteiger partial charge in [0.25, 0.3) is 0 Å². The van der Waals surface area contributed by atoms with Gasteiger partial charge in [0.1, 0.15) is 11.6 Å². The summed E-state index contributed by atoms with van der Waals surface area (Å²) in [6.45, 7) is 2.61. The van der Waals surface area contributed by atoms with Crippen LogP contribution in [0.2, 0.25) is 5.02 Å². The van der Waals surface area contributed by atoms with Gasteiger partial charge in [0.15, 0.2) is 5.16 Å². The van der Waals surface area contributed by atoms with Gasteiger partial charge in [-0.2, -0.15) is 0 Å². The molecule has 0 saturated carbocycles. The van der Waals surface area contributed by atoms with E-state index in [1.54, 1.807) is 31.4 Å². The number of halogens is 1. The number of rotatable bonds is 10. The van der Waals surface area contributed by atoms with Crippen molar-refractivity contribution in [2.45, 2.75) is 43.3 Å². The predicted molar refractivity (Wildman–Crippen MR) is 114 cm³/mol. The maximum atomic E-state index is 12.5. The van der Waals surface area contributed by atoms with Gasteiger partial charge in [0, 0.05) is 24.4 Å². The van der Waals surface area contributed by atoms with Crippen LogP contribution in [0.15, 0.2) is 52.2 Å². The number of nitrogens with one attached hydrogen (secondary N) is 1. The summed E-state index contributed by atoms with van der Waals surface area (Å²) in [5.74, 6) is 0.797. The first-order chi connectivity index (χ1) is 14.4. The number of amides is 2. The molecule has 0 aliphatic carbocycles. The Morgan fingerprint density at radius 1 is 1.27 bits per heavy atom. The van der Waals surface area contributed by atoms with E-state index in [1.807, 2.05) is 22.8 Å². The second-order valence-electron chi connectivity index (χ2n) is 6.63. The second-order valence-corrected chi connectivity index (χ2v) is 8.38. The molecule has 10 heteroatoms. The largest absolute Gasteiger partial charge is 0.467 e. The average molecular weight is 448 g/mol. The van der Waals surface area contributed by atoms with E-state index in [2.05, 4.69) is 15.5 Å². The number of thioether (sulfide) groups is 1. The highest BCUT2D eigenvalue weighted by atomic mass is 35.5.